The van der Waals surface area contributed by atoms with Crippen molar-refractivity contribution in [1.29, 1.82) is 0 Å². The molecule has 5 nitrogen and oxygen atoms in total. The molecule has 0 radical (unpaired) electrons. The minimum Gasteiger partial charge on any atom is -0.480 e. The number of carboxylic acids is 1. The normalized spacial score (nSPS) is 15.8. The van der Waals surface area contributed by atoms with E-state index in [0.29, 0.717) is 18.4 Å². The summed E-state index contributed by atoms with van der Waals surface area (Å²) < 4.78 is 27.2. The molecule has 0 aliphatic heterocycles. The molecular formula is C18H19NO4S. The zero-order chi connectivity index (χ0) is 17.2. The highest BCUT2D eigenvalue weighted by atomic mass is 32.2. The minimum absolute atomic E-state index is 0.0230. The second-order valence-corrected chi connectivity index (χ2v) is 7.92. The molecule has 2 aromatic carbocycles. The molecule has 0 bridgehead atoms. The number of aliphatic carboxylic acids is 1. The number of sulfonamides is 1. The summed E-state index contributed by atoms with van der Waals surface area (Å²) >= 11 is 0. The van der Waals surface area contributed by atoms with E-state index in [0.717, 1.165) is 0 Å². The van der Waals surface area contributed by atoms with E-state index < -0.39 is 22.0 Å². The minimum atomic E-state index is -3.71. The molecule has 0 fully saturated rings. The van der Waals surface area contributed by atoms with E-state index in [9.17, 15) is 18.3 Å². The van der Waals surface area contributed by atoms with Crippen LogP contribution in [0, 0.1) is 5.92 Å². The van der Waals surface area contributed by atoms with Crippen LogP contribution >= 0.6 is 0 Å². The van der Waals surface area contributed by atoms with Gasteiger partial charge in [-0.2, -0.15) is 4.72 Å². The highest BCUT2D eigenvalue weighted by Gasteiger charge is 2.30. The van der Waals surface area contributed by atoms with Crippen molar-refractivity contribution < 1.29 is 18.3 Å². The Kier molecular flexibility index (Phi) is 4.69. The molecule has 2 N–H and O–H groups in total. The molecule has 0 heterocycles. The van der Waals surface area contributed by atoms with Crippen LogP contribution in [0.15, 0.2) is 54.6 Å². The second-order valence-electron chi connectivity index (χ2n) is 6.12. The Bertz CT molecular complexity index is 808. The van der Waals surface area contributed by atoms with E-state index in [1.165, 1.54) is 11.1 Å². The molecule has 0 aromatic heterocycles. The molecule has 6 heteroatoms. The zero-order valence-electron chi connectivity index (χ0n) is 13.1. The fourth-order valence-electron chi connectivity index (χ4n) is 3.21. The highest BCUT2D eigenvalue weighted by Crippen LogP contribution is 2.27. The topological polar surface area (TPSA) is 83.5 Å². The zero-order valence-corrected chi connectivity index (χ0v) is 13.9. The van der Waals surface area contributed by atoms with Crippen LogP contribution in [0.5, 0.6) is 0 Å². The third kappa shape index (κ3) is 3.83. The van der Waals surface area contributed by atoms with Gasteiger partial charge in [0.15, 0.2) is 0 Å². The van der Waals surface area contributed by atoms with Gasteiger partial charge in [-0.3, -0.25) is 4.79 Å². The largest absolute Gasteiger partial charge is 0.480 e. The van der Waals surface area contributed by atoms with Crippen molar-refractivity contribution in [3.63, 3.8) is 0 Å². The molecule has 0 saturated carbocycles. The Morgan fingerprint density at radius 1 is 1.04 bits per heavy atom. The first-order valence-corrected chi connectivity index (χ1v) is 9.44. The van der Waals surface area contributed by atoms with Gasteiger partial charge < -0.3 is 5.11 Å². The molecule has 0 spiro atoms. The number of benzene rings is 2. The molecule has 1 aliphatic rings. The summed E-state index contributed by atoms with van der Waals surface area (Å²) in [6.45, 7) is 0. The monoisotopic (exact) mass is 345 g/mol. The summed E-state index contributed by atoms with van der Waals surface area (Å²) in [5, 5.41) is 9.37. The summed E-state index contributed by atoms with van der Waals surface area (Å²) in [7, 11) is -3.71. The lowest BCUT2D eigenvalue weighted by molar-refractivity contribution is -0.139. The van der Waals surface area contributed by atoms with Crippen molar-refractivity contribution in [3.8, 4) is 0 Å². The van der Waals surface area contributed by atoms with E-state index in [4.69, 9.17) is 0 Å². The van der Waals surface area contributed by atoms with Gasteiger partial charge >= 0.3 is 5.97 Å². The maximum Gasteiger partial charge on any atom is 0.326 e. The lowest BCUT2D eigenvalue weighted by atomic mass is 10.1. The van der Waals surface area contributed by atoms with Crippen LogP contribution in [-0.4, -0.2) is 25.2 Å². The van der Waals surface area contributed by atoms with Crippen molar-refractivity contribution >= 4 is 16.0 Å². The summed E-state index contributed by atoms with van der Waals surface area (Å²) in [5.74, 6) is -1.30. The fourth-order valence-corrected chi connectivity index (χ4v) is 4.76. The molecule has 0 amide bonds. The third-order valence-corrected chi connectivity index (χ3v) is 5.77. The van der Waals surface area contributed by atoms with Gasteiger partial charge in [0.2, 0.25) is 10.0 Å². The van der Waals surface area contributed by atoms with Gasteiger partial charge in [0.1, 0.15) is 6.04 Å². The predicted molar refractivity (Wildman–Crippen MR) is 91.1 cm³/mol. The maximum atomic E-state index is 12.5. The van der Waals surface area contributed by atoms with E-state index in [2.05, 4.69) is 4.72 Å². The van der Waals surface area contributed by atoms with Gasteiger partial charge in [0, 0.05) is 0 Å². The van der Waals surface area contributed by atoms with Crippen LogP contribution in [-0.2, 0) is 27.7 Å². The summed E-state index contributed by atoms with van der Waals surface area (Å²) in [5.41, 5.74) is 2.77. The van der Waals surface area contributed by atoms with Crippen LogP contribution in [0.3, 0.4) is 0 Å². The van der Waals surface area contributed by atoms with Gasteiger partial charge in [-0.15, -0.1) is 0 Å². The summed E-state index contributed by atoms with van der Waals surface area (Å²) in [4.78, 5) is 11.5. The van der Waals surface area contributed by atoms with Crippen molar-refractivity contribution in [1.82, 2.24) is 4.72 Å². The van der Waals surface area contributed by atoms with Gasteiger partial charge in [-0.1, -0.05) is 54.6 Å². The number of carboxylic acid groups (broad SMARTS) is 1. The number of fused-ring (bicyclic) bond motifs is 1. The Morgan fingerprint density at radius 2 is 1.58 bits per heavy atom. The number of hydrogen-bond donors (Lipinski definition) is 2. The third-order valence-electron chi connectivity index (χ3n) is 4.27. The number of rotatable bonds is 6. The van der Waals surface area contributed by atoms with E-state index >= 15 is 0 Å². The van der Waals surface area contributed by atoms with Crippen molar-refractivity contribution in [2.75, 3.05) is 5.75 Å². The molecule has 1 atom stereocenters. The lowest BCUT2D eigenvalue weighted by Gasteiger charge is -2.17. The molecule has 2 aromatic rings. The first-order valence-electron chi connectivity index (χ1n) is 7.79. The van der Waals surface area contributed by atoms with Gasteiger partial charge in [0.25, 0.3) is 0 Å². The molecular weight excluding hydrogens is 326 g/mol. The first-order chi connectivity index (χ1) is 11.4. The summed E-state index contributed by atoms with van der Waals surface area (Å²) in [6, 6.07) is 15.0. The van der Waals surface area contributed by atoms with Crippen LogP contribution in [0.25, 0.3) is 0 Å². The Morgan fingerprint density at radius 3 is 2.12 bits per heavy atom. The Labute approximate surface area is 141 Å². The SMILES string of the molecule is O=C(O)[C@@H](NS(=O)(=O)CC1Cc2ccccc2C1)c1ccccc1. The average Bonchev–Trinajstić information content (AvgIpc) is 2.94. The van der Waals surface area contributed by atoms with E-state index in [-0.39, 0.29) is 11.7 Å². The Balaban J connectivity index is 1.71. The smallest absolute Gasteiger partial charge is 0.326 e. The van der Waals surface area contributed by atoms with E-state index in [1.54, 1.807) is 30.3 Å². The standard InChI is InChI=1S/C18H19NO4S/c20-18(21)17(14-6-2-1-3-7-14)19-24(22,23)12-13-10-15-8-4-5-9-16(15)11-13/h1-9,13,17,19H,10-12H2,(H,20,21)/t17-/m0/s1. The van der Waals surface area contributed by atoms with Crippen LogP contribution in [0.4, 0.5) is 0 Å². The first kappa shape index (κ1) is 16.7. The van der Waals surface area contributed by atoms with Crippen molar-refractivity contribution in [2.45, 2.75) is 18.9 Å². The van der Waals surface area contributed by atoms with Crippen LogP contribution in [0.2, 0.25) is 0 Å². The molecule has 0 unspecified atom stereocenters. The molecule has 126 valence electrons. The number of carbonyl (C=O) groups is 1. The van der Waals surface area contributed by atoms with Gasteiger partial charge in [-0.25, -0.2) is 8.42 Å². The van der Waals surface area contributed by atoms with Crippen LogP contribution in [0.1, 0.15) is 22.7 Å². The quantitative estimate of drug-likeness (QED) is 0.840. The highest BCUT2D eigenvalue weighted by molar-refractivity contribution is 7.89. The number of hydrogen-bond acceptors (Lipinski definition) is 3. The Hall–Kier alpha value is -2.18. The second kappa shape index (κ2) is 6.75. The van der Waals surface area contributed by atoms with Crippen molar-refractivity contribution in [2.24, 2.45) is 5.92 Å². The summed E-state index contributed by atoms with van der Waals surface area (Å²) in [6.07, 6.45) is 1.42. The average molecular weight is 345 g/mol. The lowest BCUT2D eigenvalue weighted by Crippen LogP contribution is -2.37. The maximum absolute atomic E-state index is 12.5. The molecule has 24 heavy (non-hydrogen) atoms. The fraction of sp³-hybridized carbons (Fsp3) is 0.278. The number of nitrogens with one attached hydrogen (secondary N) is 1. The molecule has 1 aliphatic carbocycles. The molecule has 0 saturated heterocycles. The predicted octanol–water partition coefficient (Wildman–Crippen LogP) is 2.15. The van der Waals surface area contributed by atoms with E-state index in [1.807, 2.05) is 24.3 Å². The van der Waals surface area contributed by atoms with Gasteiger partial charge in [-0.05, 0) is 35.4 Å². The van der Waals surface area contributed by atoms with Gasteiger partial charge in [0.05, 0.1) is 5.75 Å². The van der Waals surface area contributed by atoms with Crippen LogP contribution < -0.4 is 4.72 Å². The molecule has 3 rings (SSSR count). The van der Waals surface area contributed by atoms with Crippen molar-refractivity contribution in [3.05, 3.63) is 71.3 Å².